The number of hydrogen-bond donors (Lipinski definition) is 1. The van der Waals surface area contributed by atoms with Crippen LogP contribution in [0, 0.1) is 18.8 Å². The summed E-state index contributed by atoms with van der Waals surface area (Å²) in [5.41, 5.74) is 2.48. The maximum absolute atomic E-state index is 4.87. The average Bonchev–Trinajstić information content (AvgIpc) is 3.00. The fourth-order valence-corrected chi connectivity index (χ4v) is 4.75. The van der Waals surface area contributed by atoms with E-state index in [1.54, 1.807) is 0 Å². The molecule has 3 heteroatoms. The van der Waals surface area contributed by atoms with E-state index in [0.717, 1.165) is 11.8 Å². The Morgan fingerprint density at radius 3 is 3.22 bits per heavy atom. The van der Waals surface area contributed by atoms with E-state index < -0.39 is 0 Å². The van der Waals surface area contributed by atoms with Crippen molar-refractivity contribution in [3.8, 4) is 0 Å². The van der Waals surface area contributed by atoms with E-state index in [1.165, 1.54) is 46.6 Å². The van der Waals surface area contributed by atoms with Gasteiger partial charge >= 0.3 is 0 Å². The molecule has 0 amide bonds. The molecule has 1 aliphatic carbocycles. The van der Waals surface area contributed by atoms with Gasteiger partial charge in [0.25, 0.3) is 0 Å². The van der Waals surface area contributed by atoms with Crippen LogP contribution >= 0.6 is 11.3 Å². The molecule has 1 saturated heterocycles. The van der Waals surface area contributed by atoms with Crippen LogP contribution in [-0.4, -0.2) is 11.5 Å². The first-order valence-electron chi connectivity index (χ1n) is 6.92. The molecule has 0 radical (unpaired) electrons. The van der Waals surface area contributed by atoms with Crippen molar-refractivity contribution in [1.82, 2.24) is 10.3 Å². The summed E-state index contributed by atoms with van der Waals surface area (Å²) in [7, 11) is 0. The van der Waals surface area contributed by atoms with Crippen molar-refractivity contribution in [1.29, 1.82) is 0 Å². The second kappa shape index (κ2) is 4.04. The Labute approximate surface area is 111 Å². The van der Waals surface area contributed by atoms with Gasteiger partial charge < -0.3 is 5.32 Å². The van der Waals surface area contributed by atoms with E-state index >= 15 is 0 Å². The molecule has 1 aliphatic heterocycles. The highest BCUT2D eigenvalue weighted by molar-refractivity contribution is 7.18. The third kappa shape index (κ3) is 1.61. The number of nitrogens with one attached hydrogen (secondary N) is 1. The van der Waals surface area contributed by atoms with Gasteiger partial charge in [-0.2, -0.15) is 0 Å². The maximum atomic E-state index is 4.87. The van der Waals surface area contributed by atoms with Crippen LogP contribution in [0.1, 0.15) is 35.9 Å². The number of thiazole rings is 1. The highest BCUT2D eigenvalue weighted by Crippen LogP contribution is 2.45. The summed E-state index contributed by atoms with van der Waals surface area (Å²) in [5.74, 6) is 1.75. The molecule has 2 nitrogen and oxygen atoms in total. The van der Waals surface area contributed by atoms with Crippen LogP contribution < -0.4 is 5.32 Å². The zero-order valence-electron chi connectivity index (χ0n) is 10.6. The van der Waals surface area contributed by atoms with Crippen molar-refractivity contribution in [2.75, 3.05) is 6.54 Å². The third-order valence-corrected chi connectivity index (χ3v) is 5.69. The van der Waals surface area contributed by atoms with Crippen molar-refractivity contribution in [3.63, 3.8) is 0 Å². The van der Waals surface area contributed by atoms with Crippen molar-refractivity contribution in [3.05, 3.63) is 28.8 Å². The maximum Gasteiger partial charge on any atom is 0.111 e. The molecule has 1 N–H and O–H groups in total. The van der Waals surface area contributed by atoms with Crippen molar-refractivity contribution < 1.29 is 0 Å². The van der Waals surface area contributed by atoms with Crippen LogP contribution in [0.5, 0.6) is 0 Å². The highest BCUT2D eigenvalue weighted by Gasteiger charge is 2.40. The Morgan fingerprint density at radius 1 is 1.33 bits per heavy atom. The number of rotatable bonds is 1. The third-order valence-electron chi connectivity index (χ3n) is 4.57. The largest absolute Gasteiger partial charge is 0.307 e. The minimum absolute atomic E-state index is 0.523. The van der Waals surface area contributed by atoms with E-state index in [0.29, 0.717) is 6.04 Å². The van der Waals surface area contributed by atoms with Gasteiger partial charge in [-0.1, -0.05) is 12.5 Å². The molecule has 3 atom stereocenters. The van der Waals surface area contributed by atoms with Gasteiger partial charge in [0.2, 0.25) is 0 Å². The zero-order valence-corrected chi connectivity index (χ0v) is 11.5. The number of fused-ring (bicyclic) bond motifs is 2. The van der Waals surface area contributed by atoms with Crippen molar-refractivity contribution >= 4 is 21.6 Å². The zero-order chi connectivity index (χ0) is 12.1. The molecule has 3 unspecified atom stereocenters. The fraction of sp³-hybridized carbons (Fsp3) is 0.533. The Hall–Kier alpha value is -0.930. The number of benzene rings is 1. The molecule has 0 bridgehead atoms. The molecule has 2 heterocycles. The molecule has 4 rings (SSSR count). The fourth-order valence-electron chi connectivity index (χ4n) is 3.65. The second-order valence-electron chi connectivity index (χ2n) is 5.76. The Balaban J connectivity index is 1.74. The number of nitrogens with zero attached hydrogens (tertiary/aromatic N) is 1. The smallest absolute Gasteiger partial charge is 0.111 e. The predicted molar refractivity (Wildman–Crippen MR) is 75.9 cm³/mol. The average molecular weight is 258 g/mol. The van der Waals surface area contributed by atoms with Crippen LogP contribution in [0.3, 0.4) is 0 Å². The first-order valence-corrected chi connectivity index (χ1v) is 7.73. The minimum Gasteiger partial charge on any atom is -0.307 e. The molecule has 0 spiro atoms. The van der Waals surface area contributed by atoms with E-state index in [1.807, 2.05) is 11.3 Å². The van der Waals surface area contributed by atoms with Gasteiger partial charge in [0.15, 0.2) is 0 Å². The molecular weight excluding hydrogens is 240 g/mol. The molecule has 1 aromatic heterocycles. The number of aryl methyl sites for hydroxylation is 1. The van der Waals surface area contributed by atoms with Crippen LogP contribution in [0.15, 0.2) is 18.2 Å². The van der Waals surface area contributed by atoms with Gasteiger partial charge in [-0.25, -0.2) is 4.98 Å². The van der Waals surface area contributed by atoms with Gasteiger partial charge in [0.05, 0.1) is 16.3 Å². The van der Waals surface area contributed by atoms with Crippen LogP contribution in [0.4, 0.5) is 0 Å². The topological polar surface area (TPSA) is 24.9 Å². The molecule has 2 aliphatic rings. The molecule has 2 aromatic rings. The van der Waals surface area contributed by atoms with Gasteiger partial charge in [-0.3, -0.25) is 0 Å². The number of aromatic nitrogens is 1. The van der Waals surface area contributed by atoms with Crippen molar-refractivity contribution in [2.24, 2.45) is 11.8 Å². The summed E-state index contributed by atoms with van der Waals surface area (Å²) >= 11 is 1.88. The lowest BCUT2D eigenvalue weighted by Crippen LogP contribution is -2.17. The van der Waals surface area contributed by atoms with Gasteiger partial charge in [-0.15, -0.1) is 11.3 Å². The molecule has 2 fully saturated rings. The van der Waals surface area contributed by atoms with E-state index in [-0.39, 0.29) is 0 Å². The van der Waals surface area contributed by atoms with E-state index in [4.69, 9.17) is 4.98 Å². The van der Waals surface area contributed by atoms with Crippen LogP contribution in [-0.2, 0) is 0 Å². The van der Waals surface area contributed by atoms with Crippen LogP contribution in [0.2, 0.25) is 0 Å². The Morgan fingerprint density at radius 2 is 2.28 bits per heavy atom. The first-order chi connectivity index (χ1) is 8.81. The summed E-state index contributed by atoms with van der Waals surface area (Å²) in [5, 5.41) is 5.01. The summed E-state index contributed by atoms with van der Waals surface area (Å²) in [6, 6.07) is 7.13. The monoisotopic (exact) mass is 258 g/mol. The lowest BCUT2D eigenvalue weighted by molar-refractivity contribution is 0.421. The normalized spacial score (nSPS) is 31.1. The summed E-state index contributed by atoms with van der Waals surface area (Å²) in [6.45, 7) is 3.34. The summed E-state index contributed by atoms with van der Waals surface area (Å²) in [4.78, 5) is 4.87. The van der Waals surface area contributed by atoms with Crippen LogP contribution in [0.25, 0.3) is 10.2 Å². The van der Waals surface area contributed by atoms with E-state index in [9.17, 15) is 0 Å². The molecule has 18 heavy (non-hydrogen) atoms. The molecule has 1 saturated carbocycles. The summed E-state index contributed by atoms with van der Waals surface area (Å²) < 4.78 is 1.33. The predicted octanol–water partition coefficient (Wildman–Crippen LogP) is 3.67. The molecule has 94 valence electrons. The van der Waals surface area contributed by atoms with Crippen molar-refractivity contribution in [2.45, 2.75) is 32.2 Å². The second-order valence-corrected chi connectivity index (χ2v) is 6.83. The SMILES string of the molecule is Cc1ccc2sc(C3NCC4CCCC43)nc2c1. The Kier molecular flexibility index (Phi) is 2.45. The minimum atomic E-state index is 0.523. The Bertz CT molecular complexity index is 589. The number of hydrogen-bond acceptors (Lipinski definition) is 3. The first kappa shape index (κ1) is 10.9. The molecular formula is C15H18N2S. The van der Waals surface area contributed by atoms with Gasteiger partial charge in [-0.05, 0) is 55.8 Å². The summed E-state index contributed by atoms with van der Waals surface area (Å²) in [6.07, 6.45) is 4.22. The van der Waals surface area contributed by atoms with Gasteiger partial charge in [0.1, 0.15) is 5.01 Å². The quantitative estimate of drug-likeness (QED) is 0.844. The standard InChI is InChI=1S/C15H18N2S/c1-9-5-6-13-12(7-9)17-15(18-13)14-11-4-2-3-10(11)8-16-14/h5-7,10-11,14,16H,2-4,8H2,1H3. The highest BCUT2D eigenvalue weighted by atomic mass is 32.1. The molecule has 1 aromatic carbocycles. The van der Waals surface area contributed by atoms with E-state index in [2.05, 4.69) is 30.4 Å². The van der Waals surface area contributed by atoms with Gasteiger partial charge in [0, 0.05) is 0 Å². The lowest BCUT2D eigenvalue weighted by atomic mass is 9.94. The lowest BCUT2D eigenvalue weighted by Gasteiger charge is -2.14.